The lowest BCUT2D eigenvalue weighted by Gasteiger charge is -2.20. The first-order chi connectivity index (χ1) is 7.15. The van der Waals surface area contributed by atoms with Crippen molar-refractivity contribution in [3.05, 3.63) is 21.9 Å². The van der Waals surface area contributed by atoms with Crippen molar-refractivity contribution in [2.75, 3.05) is 13.2 Å². The predicted octanol–water partition coefficient (Wildman–Crippen LogP) is 2.70. The Balaban J connectivity index is 2.34. The Morgan fingerprint density at radius 1 is 1.47 bits per heavy atom. The third kappa shape index (κ3) is 1.93. The summed E-state index contributed by atoms with van der Waals surface area (Å²) >= 11 is 1.64. The van der Waals surface area contributed by atoms with Gasteiger partial charge in [-0.3, -0.25) is 0 Å². The van der Waals surface area contributed by atoms with E-state index in [1.807, 2.05) is 19.2 Å². The van der Waals surface area contributed by atoms with Crippen molar-refractivity contribution in [1.29, 1.82) is 0 Å². The van der Waals surface area contributed by atoms with E-state index in [1.165, 1.54) is 0 Å². The highest BCUT2D eigenvalue weighted by molar-refractivity contribution is 7.10. The van der Waals surface area contributed by atoms with Gasteiger partial charge in [-0.25, -0.2) is 0 Å². The van der Waals surface area contributed by atoms with Gasteiger partial charge < -0.3 is 9.47 Å². The standard InChI is InChI=1S/C12H14O2S/c1-4-12(2,3)9-5-8-15-10(9)11-13-6-7-14-11/h1,5,8,11H,6-7H2,2-3H3. The Bertz CT molecular complexity index is 381. The van der Waals surface area contributed by atoms with E-state index in [4.69, 9.17) is 15.9 Å². The molecule has 0 spiro atoms. The van der Waals surface area contributed by atoms with Gasteiger partial charge in [0, 0.05) is 0 Å². The van der Waals surface area contributed by atoms with Crippen LogP contribution >= 0.6 is 11.3 Å². The van der Waals surface area contributed by atoms with Crippen LogP contribution in [0.2, 0.25) is 0 Å². The fourth-order valence-corrected chi connectivity index (χ4v) is 2.66. The summed E-state index contributed by atoms with van der Waals surface area (Å²) < 4.78 is 11.0. The van der Waals surface area contributed by atoms with Gasteiger partial charge in [0.25, 0.3) is 0 Å². The molecule has 0 aliphatic carbocycles. The highest BCUT2D eigenvalue weighted by Gasteiger charge is 2.29. The first-order valence-electron chi connectivity index (χ1n) is 4.94. The van der Waals surface area contributed by atoms with Crippen molar-refractivity contribution < 1.29 is 9.47 Å². The summed E-state index contributed by atoms with van der Waals surface area (Å²) in [6.45, 7) is 5.40. The summed E-state index contributed by atoms with van der Waals surface area (Å²) in [5.74, 6) is 2.80. The third-order valence-corrected chi connectivity index (χ3v) is 3.50. The maximum atomic E-state index is 5.54. The Hall–Kier alpha value is -0.820. The molecule has 0 unspecified atom stereocenters. The minimum Gasteiger partial charge on any atom is -0.345 e. The number of rotatable bonds is 2. The fraction of sp³-hybridized carbons (Fsp3) is 0.500. The van der Waals surface area contributed by atoms with Crippen LogP contribution in [0.4, 0.5) is 0 Å². The molecule has 0 saturated carbocycles. The fourth-order valence-electron chi connectivity index (χ4n) is 1.61. The second-order valence-corrected chi connectivity index (χ2v) is 4.99. The molecule has 3 heteroatoms. The van der Waals surface area contributed by atoms with Crippen LogP contribution in [0.1, 0.15) is 30.6 Å². The van der Waals surface area contributed by atoms with Gasteiger partial charge in [0.05, 0.1) is 23.5 Å². The zero-order valence-electron chi connectivity index (χ0n) is 8.95. The van der Waals surface area contributed by atoms with E-state index in [0.717, 1.165) is 10.4 Å². The maximum absolute atomic E-state index is 5.54. The first kappa shape index (κ1) is 10.7. The highest BCUT2D eigenvalue weighted by atomic mass is 32.1. The smallest absolute Gasteiger partial charge is 0.193 e. The van der Waals surface area contributed by atoms with E-state index in [2.05, 4.69) is 12.0 Å². The number of hydrogen-bond donors (Lipinski definition) is 0. The van der Waals surface area contributed by atoms with E-state index in [0.29, 0.717) is 13.2 Å². The molecule has 1 aromatic heterocycles. The summed E-state index contributed by atoms with van der Waals surface area (Å²) in [6.07, 6.45) is 5.32. The van der Waals surface area contributed by atoms with Gasteiger partial charge in [0.1, 0.15) is 0 Å². The van der Waals surface area contributed by atoms with E-state index in [1.54, 1.807) is 11.3 Å². The molecule has 0 N–H and O–H groups in total. The zero-order valence-corrected chi connectivity index (χ0v) is 9.76. The Morgan fingerprint density at radius 3 is 2.73 bits per heavy atom. The van der Waals surface area contributed by atoms with Crippen LogP contribution in [0, 0.1) is 12.3 Å². The molecule has 0 radical (unpaired) electrons. The molecular weight excluding hydrogens is 208 g/mol. The maximum Gasteiger partial charge on any atom is 0.193 e. The Labute approximate surface area is 94.2 Å². The van der Waals surface area contributed by atoms with Crippen LogP contribution in [0.15, 0.2) is 11.4 Å². The molecule has 1 aliphatic heterocycles. The molecule has 1 aliphatic rings. The van der Waals surface area contributed by atoms with Gasteiger partial charge in [-0.15, -0.1) is 17.8 Å². The average molecular weight is 222 g/mol. The van der Waals surface area contributed by atoms with Gasteiger partial charge in [-0.1, -0.05) is 5.92 Å². The molecule has 1 saturated heterocycles. The molecule has 0 bridgehead atoms. The summed E-state index contributed by atoms with van der Waals surface area (Å²) in [4.78, 5) is 1.11. The lowest BCUT2D eigenvalue weighted by molar-refractivity contribution is -0.0422. The largest absolute Gasteiger partial charge is 0.345 e. The van der Waals surface area contributed by atoms with E-state index < -0.39 is 0 Å². The summed E-state index contributed by atoms with van der Waals surface area (Å²) in [5.41, 5.74) is 0.881. The second kappa shape index (κ2) is 3.97. The minimum atomic E-state index is -0.259. The molecule has 1 fully saturated rings. The molecule has 2 nitrogen and oxygen atoms in total. The molecular formula is C12H14O2S. The van der Waals surface area contributed by atoms with Crippen molar-refractivity contribution in [2.45, 2.75) is 25.6 Å². The summed E-state index contributed by atoms with van der Waals surface area (Å²) in [7, 11) is 0. The van der Waals surface area contributed by atoms with E-state index in [9.17, 15) is 0 Å². The topological polar surface area (TPSA) is 18.5 Å². The second-order valence-electron chi connectivity index (χ2n) is 4.04. The molecule has 1 aromatic rings. The first-order valence-corrected chi connectivity index (χ1v) is 5.82. The molecule has 2 heterocycles. The quantitative estimate of drug-likeness (QED) is 0.716. The normalized spacial score (nSPS) is 17.9. The van der Waals surface area contributed by atoms with Gasteiger partial charge in [-0.2, -0.15) is 0 Å². The molecule has 0 atom stereocenters. The summed E-state index contributed by atoms with van der Waals surface area (Å²) in [5, 5.41) is 2.04. The van der Waals surface area contributed by atoms with Crippen molar-refractivity contribution in [1.82, 2.24) is 0 Å². The van der Waals surface area contributed by atoms with Gasteiger partial charge in [0.2, 0.25) is 0 Å². The number of terminal acetylenes is 1. The van der Waals surface area contributed by atoms with Crippen molar-refractivity contribution >= 4 is 11.3 Å². The average Bonchev–Trinajstić information content (AvgIpc) is 2.87. The predicted molar refractivity (Wildman–Crippen MR) is 60.8 cm³/mol. The Morgan fingerprint density at radius 2 is 2.13 bits per heavy atom. The number of thiophene rings is 1. The molecule has 0 amide bonds. The number of ether oxygens (including phenoxy) is 2. The lowest BCUT2D eigenvalue weighted by atomic mass is 9.86. The van der Waals surface area contributed by atoms with Crippen LogP contribution in [0.25, 0.3) is 0 Å². The van der Waals surface area contributed by atoms with E-state index in [-0.39, 0.29) is 11.7 Å². The SMILES string of the molecule is C#CC(C)(C)c1ccsc1C1OCCO1. The third-order valence-electron chi connectivity index (χ3n) is 2.57. The molecule has 15 heavy (non-hydrogen) atoms. The lowest BCUT2D eigenvalue weighted by Crippen LogP contribution is -2.16. The van der Waals surface area contributed by atoms with Crippen LogP contribution in [-0.4, -0.2) is 13.2 Å². The molecule has 80 valence electrons. The highest BCUT2D eigenvalue weighted by Crippen LogP contribution is 2.37. The molecule has 0 aromatic carbocycles. The number of hydrogen-bond acceptors (Lipinski definition) is 3. The van der Waals surface area contributed by atoms with Gasteiger partial charge in [-0.05, 0) is 30.9 Å². The zero-order chi connectivity index (χ0) is 10.9. The van der Waals surface area contributed by atoms with Crippen LogP contribution < -0.4 is 0 Å². The summed E-state index contributed by atoms with van der Waals surface area (Å²) in [6, 6.07) is 2.06. The monoisotopic (exact) mass is 222 g/mol. The van der Waals surface area contributed by atoms with Crippen LogP contribution in [0.3, 0.4) is 0 Å². The van der Waals surface area contributed by atoms with Gasteiger partial charge >= 0.3 is 0 Å². The van der Waals surface area contributed by atoms with Crippen LogP contribution in [0.5, 0.6) is 0 Å². The van der Waals surface area contributed by atoms with Crippen LogP contribution in [-0.2, 0) is 14.9 Å². The van der Waals surface area contributed by atoms with Crippen molar-refractivity contribution in [3.8, 4) is 12.3 Å². The van der Waals surface area contributed by atoms with Crippen molar-refractivity contribution in [2.24, 2.45) is 0 Å². The Kier molecular flexibility index (Phi) is 2.83. The van der Waals surface area contributed by atoms with E-state index >= 15 is 0 Å². The van der Waals surface area contributed by atoms with Gasteiger partial charge in [0.15, 0.2) is 6.29 Å². The van der Waals surface area contributed by atoms with Crippen molar-refractivity contribution in [3.63, 3.8) is 0 Å². The minimum absolute atomic E-state index is 0.215. The molecule has 2 rings (SSSR count).